The summed E-state index contributed by atoms with van der Waals surface area (Å²) in [6, 6.07) is 6.73. The molecule has 1 amide bonds. The third-order valence-electron chi connectivity index (χ3n) is 6.98. The van der Waals surface area contributed by atoms with Crippen molar-refractivity contribution < 1.29 is 18.3 Å². The maximum atomic E-state index is 16.2. The van der Waals surface area contributed by atoms with E-state index in [4.69, 9.17) is 4.74 Å². The number of nitrogens with zero attached hydrogens (tertiary/aromatic N) is 4. The first-order valence-corrected chi connectivity index (χ1v) is 11.7. The van der Waals surface area contributed by atoms with E-state index in [1.165, 1.54) is 16.7 Å². The number of rotatable bonds is 5. The minimum Gasteiger partial charge on any atom is -0.480 e. The van der Waals surface area contributed by atoms with Crippen LogP contribution in [-0.4, -0.2) is 57.6 Å². The van der Waals surface area contributed by atoms with Crippen molar-refractivity contribution in [3.8, 4) is 5.75 Å². The van der Waals surface area contributed by atoms with E-state index in [1.54, 1.807) is 6.07 Å². The first-order chi connectivity index (χ1) is 16.9. The number of anilines is 1. The van der Waals surface area contributed by atoms with Crippen molar-refractivity contribution in [3.05, 3.63) is 57.9 Å². The first-order valence-electron chi connectivity index (χ1n) is 11.7. The molecule has 0 radical (unpaired) electrons. The molecule has 0 spiro atoms. The average molecular weight is 482 g/mol. The summed E-state index contributed by atoms with van der Waals surface area (Å²) in [4.78, 5) is 34.3. The second kappa shape index (κ2) is 8.35. The lowest BCUT2D eigenvalue weighted by Gasteiger charge is -2.36. The summed E-state index contributed by atoms with van der Waals surface area (Å²) in [5.41, 5.74) is -0.934. The van der Waals surface area contributed by atoms with E-state index in [1.807, 2.05) is 11.0 Å². The fraction of sp³-hybridized carbons (Fsp3) is 0.417. The van der Waals surface area contributed by atoms with E-state index >= 15 is 4.39 Å². The summed E-state index contributed by atoms with van der Waals surface area (Å²) in [5, 5.41) is 6.18. The third kappa shape index (κ3) is 3.94. The van der Waals surface area contributed by atoms with Crippen LogP contribution in [0.2, 0.25) is 0 Å². The number of likely N-dealkylation sites (tertiary alicyclic amines) is 1. The van der Waals surface area contributed by atoms with Gasteiger partial charge in [-0.2, -0.15) is 0 Å². The predicted octanol–water partition coefficient (Wildman–Crippen LogP) is 1.69. The monoisotopic (exact) mass is 482 g/mol. The van der Waals surface area contributed by atoms with Crippen molar-refractivity contribution >= 4 is 22.8 Å². The van der Waals surface area contributed by atoms with Crippen LogP contribution in [-0.2, 0) is 23.6 Å². The minimum absolute atomic E-state index is 0.00742. The van der Waals surface area contributed by atoms with E-state index < -0.39 is 11.5 Å². The van der Waals surface area contributed by atoms with Crippen LogP contribution in [0.3, 0.4) is 0 Å². The molecule has 1 fully saturated rings. The topological polar surface area (TPSA) is 101 Å². The highest BCUT2D eigenvalue weighted by atomic mass is 19.1. The molecule has 0 aliphatic carbocycles. The van der Waals surface area contributed by atoms with Gasteiger partial charge in [-0.25, -0.2) is 13.8 Å². The van der Waals surface area contributed by atoms with Gasteiger partial charge in [0.25, 0.3) is 11.5 Å². The fourth-order valence-electron chi connectivity index (χ4n) is 5.28. The molecule has 0 bridgehead atoms. The lowest BCUT2D eigenvalue weighted by atomic mass is 9.95. The number of piperidine rings is 1. The summed E-state index contributed by atoms with van der Waals surface area (Å²) >= 11 is 0. The third-order valence-corrected chi connectivity index (χ3v) is 6.98. The Morgan fingerprint density at radius 1 is 1.20 bits per heavy atom. The van der Waals surface area contributed by atoms with Crippen LogP contribution < -0.4 is 20.9 Å². The highest BCUT2D eigenvalue weighted by molar-refractivity contribution is 5.94. The van der Waals surface area contributed by atoms with Crippen molar-refractivity contribution in [3.63, 3.8) is 0 Å². The van der Waals surface area contributed by atoms with E-state index in [9.17, 15) is 14.0 Å². The van der Waals surface area contributed by atoms with Gasteiger partial charge in [0.05, 0.1) is 35.0 Å². The second-order valence-electron chi connectivity index (χ2n) is 9.36. The molecule has 35 heavy (non-hydrogen) atoms. The Kier molecular flexibility index (Phi) is 5.26. The summed E-state index contributed by atoms with van der Waals surface area (Å²) in [5.74, 6) is 0.0436. The SMILES string of the molecule is O=C1COc2ccc(CNC3CCN(CC4(F)Cn5c(=O)ccc6ncc(F)c4c65)CC3)nc2N1. The zero-order valence-corrected chi connectivity index (χ0v) is 18.9. The standard InChI is InChI=1S/C24H24F2N6O3/c25-16-10-28-17-2-4-20(34)32-13-24(26,21(16)22(17)32)12-31-7-5-14(6-8-31)27-9-15-1-3-18-23(29-15)30-19(33)11-35-18/h1-4,10,14,27H,5-9,11-13H2,(H,29,30,33). The molecule has 3 aromatic rings. The van der Waals surface area contributed by atoms with Gasteiger partial charge in [-0.15, -0.1) is 0 Å². The molecule has 9 nitrogen and oxygen atoms in total. The van der Waals surface area contributed by atoms with Gasteiger partial charge in [-0.05, 0) is 44.1 Å². The molecule has 1 saturated heterocycles. The summed E-state index contributed by atoms with van der Waals surface area (Å²) in [6.45, 7) is 1.62. The molecule has 3 aliphatic heterocycles. The maximum absolute atomic E-state index is 16.2. The van der Waals surface area contributed by atoms with Gasteiger partial charge >= 0.3 is 0 Å². The molecule has 0 aromatic carbocycles. The number of ether oxygens (including phenoxy) is 1. The molecule has 182 valence electrons. The van der Waals surface area contributed by atoms with Gasteiger partial charge in [0.2, 0.25) is 0 Å². The number of nitrogens with one attached hydrogen (secondary N) is 2. The van der Waals surface area contributed by atoms with E-state index in [0.717, 1.165) is 24.7 Å². The number of hydrogen-bond acceptors (Lipinski definition) is 7. The largest absolute Gasteiger partial charge is 0.480 e. The number of hydrogen-bond donors (Lipinski definition) is 2. The molecule has 11 heteroatoms. The maximum Gasteiger partial charge on any atom is 0.263 e. The highest BCUT2D eigenvalue weighted by Crippen LogP contribution is 2.41. The first kappa shape index (κ1) is 22.1. The van der Waals surface area contributed by atoms with Gasteiger partial charge in [0, 0.05) is 25.2 Å². The van der Waals surface area contributed by atoms with E-state index in [0.29, 0.717) is 36.7 Å². The van der Waals surface area contributed by atoms with Crippen LogP contribution in [0.25, 0.3) is 11.0 Å². The molecule has 6 heterocycles. The van der Waals surface area contributed by atoms with Gasteiger partial charge in [0.1, 0.15) is 5.82 Å². The second-order valence-corrected chi connectivity index (χ2v) is 9.36. The lowest BCUT2D eigenvalue weighted by molar-refractivity contribution is -0.118. The number of pyridine rings is 3. The zero-order valence-electron chi connectivity index (χ0n) is 18.9. The Morgan fingerprint density at radius 2 is 2.03 bits per heavy atom. The molecular weight excluding hydrogens is 458 g/mol. The molecular formula is C24H24F2N6O3. The Hall–Kier alpha value is -3.44. The summed E-state index contributed by atoms with van der Waals surface area (Å²) in [7, 11) is 0. The molecule has 0 saturated carbocycles. The Morgan fingerprint density at radius 3 is 2.86 bits per heavy atom. The number of alkyl halides is 1. The number of aromatic nitrogens is 3. The smallest absolute Gasteiger partial charge is 0.263 e. The number of halogens is 2. The van der Waals surface area contributed by atoms with Gasteiger partial charge in [-0.1, -0.05) is 0 Å². The quantitative estimate of drug-likeness (QED) is 0.571. The van der Waals surface area contributed by atoms with Gasteiger partial charge in [0.15, 0.2) is 23.8 Å². The van der Waals surface area contributed by atoms with Crippen molar-refractivity contribution in [2.24, 2.45) is 0 Å². The number of fused-ring (bicyclic) bond motifs is 1. The number of carbonyl (C=O) groups is 1. The Bertz CT molecular complexity index is 1390. The predicted molar refractivity (Wildman–Crippen MR) is 123 cm³/mol. The van der Waals surface area contributed by atoms with Crippen molar-refractivity contribution in [2.45, 2.75) is 37.6 Å². The fourth-order valence-corrected chi connectivity index (χ4v) is 5.28. The van der Waals surface area contributed by atoms with Crippen LogP contribution >= 0.6 is 0 Å². The Balaban J connectivity index is 1.09. The molecule has 6 rings (SSSR count). The molecule has 1 atom stereocenters. The molecule has 3 aliphatic rings. The number of amides is 1. The van der Waals surface area contributed by atoms with Gasteiger partial charge in [-0.3, -0.25) is 19.5 Å². The average Bonchev–Trinajstić information content (AvgIpc) is 3.17. The van der Waals surface area contributed by atoms with Crippen LogP contribution in [0.1, 0.15) is 24.1 Å². The number of carbonyl (C=O) groups excluding carboxylic acids is 1. The molecule has 1 unspecified atom stereocenters. The van der Waals surface area contributed by atoms with Crippen LogP contribution in [0, 0.1) is 5.82 Å². The zero-order chi connectivity index (χ0) is 24.2. The van der Waals surface area contributed by atoms with Gasteiger partial charge < -0.3 is 19.9 Å². The lowest BCUT2D eigenvalue weighted by Crippen LogP contribution is -2.47. The van der Waals surface area contributed by atoms with E-state index in [-0.39, 0.29) is 48.3 Å². The highest BCUT2D eigenvalue weighted by Gasteiger charge is 2.45. The molecule has 2 N–H and O–H groups in total. The summed E-state index contributed by atoms with van der Waals surface area (Å²) < 4.78 is 37.5. The van der Waals surface area contributed by atoms with Crippen molar-refractivity contribution in [1.29, 1.82) is 0 Å². The minimum atomic E-state index is -1.99. The van der Waals surface area contributed by atoms with Crippen LogP contribution in [0.15, 0.2) is 35.3 Å². The molecule has 3 aromatic heterocycles. The van der Waals surface area contributed by atoms with Crippen molar-refractivity contribution in [2.75, 3.05) is 31.6 Å². The van der Waals surface area contributed by atoms with Crippen LogP contribution in [0.5, 0.6) is 5.75 Å². The van der Waals surface area contributed by atoms with Crippen LogP contribution in [0.4, 0.5) is 14.6 Å². The van der Waals surface area contributed by atoms with E-state index in [2.05, 4.69) is 20.6 Å². The Labute approximate surface area is 199 Å². The summed E-state index contributed by atoms with van der Waals surface area (Å²) in [6.07, 6.45) is 2.62. The van der Waals surface area contributed by atoms with Crippen molar-refractivity contribution in [1.82, 2.24) is 24.8 Å². The normalized spacial score (nSPS) is 22.2.